The number of aliphatic hydroxyl groups is 1. The van der Waals surface area contributed by atoms with Crippen LogP contribution in [0.15, 0.2) is 46.3 Å². The molecule has 1 aliphatic heterocycles. The van der Waals surface area contributed by atoms with Crippen LogP contribution in [0.3, 0.4) is 0 Å². The van der Waals surface area contributed by atoms with Gasteiger partial charge in [0.15, 0.2) is 5.76 Å². The van der Waals surface area contributed by atoms with E-state index >= 15 is 0 Å². The van der Waals surface area contributed by atoms with Crippen molar-refractivity contribution in [2.75, 3.05) is 25.5 Å². The fraction of sp³-hybridized carbons (Fsp3) is 0.429. The van der Waals surface area contributed by atoms with Crippen LogP contribution in [0.1, 0.15) is 41.3 Å². The van der Waals surface area contributed by atoms with Crippen molar-refractivity contribution in [2.24, 2.45) is 0 Å². The number of hydrogen-bond donors (Lipinski definition) is 3. The first kappa shape index (κ1) is 29.1. The second-order valence-electron chi connectivity index (χ2n) is 10.9. The van der Waals surface area contributed by atoms with E-state index < -0.39 is 36.4 Å². The number of piperidine rings is 1. The molecule has 0 spiro atoms. The topological polar surface area (TPSA) is 95.6 Å². The van der Waals surface area contributed by atoms with Gasteiger partial charge in [0.1, 0.15) is 18.4 Å². The number of aromatic nitrogens is 2. The third-order valence-electron chi connectivity index (χ3n) is 7.08. The van der Waals surface area contributed by atoms with Gasteiger partial charge < -0.3 is 29.7 Å². The maximum absolute atomic E-state index is 14.7. The molecule has 4 heterocycles. The van der Waals surface area contributed by atoms with Crippen LogP contribution in [-0.2, 0) is 18.7 Å². The lowest BCUT2D eigenvalue weighted by Crippen LogP contribution is -2.46. The Morgan fingerprint density at radius 3 is 2.71 bits per heavy atom. The van der Waals surface area contributed by atoms with Gasteiger partial charge >= 0.3 is 6.18 Å². The molecule has 0 radical (unpaired) electrons. The summed E-state index contributed by atoms with van der Waals surface area (Å²) >= 11 is 1.26. The van der Waals surface area contributed by atoms with Crippen molar-refractivity contribution in [3.8, 4) is 11.4 Å². The minimum absolute atomic E-state index is 0.0418. The molecular formula is C28H31F4N5O3S. The minimum atomic E-state index is -4.51. The van der Waals surface area contributed by atoms with Crippen LogP contribution in [0.5, 0.6) is 0 Å². The summed E-state index contributed by atoms with van der Waals surface area (Å²) in [4.78, 5) is 15.1. The van der Waals surface area contributed by atoms with Crippen LogP contribution in [-0.4, -0.2) is 64.2 Å². The normalized spacial score (nSPS) is 18.6. The highest BCUT2D eigenvalue weighted by Gasteiger charge is 2.32. The molecule has 13 heteroatoms. The van der Waals surface area contributed by atoms with E-state index in [0.29, 0.717) is 40.0 Å². The predicted octanol–water partition coefficient (Wildman–Crippen LogP) is 5.53. The number of nitrogens with zero attached hydrogens (tertiary/aromatic N) is 3. The lowest BCUT2D eigenvalue weighted by molar-refractivity contribution is -0.139. The molecule has 5 rings (SSSR count). The van der Waals surface area contributed by atoms with Gasteiger partial charge in [-0.2, -0.15) is 13.2 Å². The van der Waals surface area contributed by atoms with Crippen LogP contribution in [0.2, 0.25) is 0 Å². The Bertz CT molecular complexity index is 1540. The first-order chi connectivity index (χ1) is 19.3. The molecular weight excluding hydrogens is 562 g/mol. The number of halogens is 4. The predicted molar refractivity (Wildman–Crippen MR) is 149 cm³/mol. The van der Waals surface area contributed by atoms with Crippen LogP contribution in [0.4, 0.5) is 23.2 Å². The number of likely N-dealkylation sites (tertiary alicyclic amines) is 1. The van der Waals surface area contributed by atoms with Crippen LogP contribution in [0, 0.1) is 0 Å². The molecule has 3 N–H and O–H groups in total. The molecule has 1 aromatic carbocycles. The molecule has 0 aliphatic carbocycles. The third kappa shape index (κ3) is 6.57. The molecule has 1 saturated heterocycles. The van der Waals surface area contributed by atoms with Crippen LogP contribution >= 0.6 is 11.3 Å². The maximum atomic E-state index is 14.7. The van der Waals surface area contributed by atoms with Gasteiger partial charge in [0.05, 0.1) is 35.0 Å². The quantitative estimate of drug-likeness (QED) is 0.233. The van der Waals surface area contributed by atoms with Gasteiger partial charge in [0, 0.05) is 40.5 Å². The van der Waals surface area contributed by atoms with Crippen molar-refractivity contribution in [1.29, 1.82) is 0 Å². The van der Waals surface area contributed by atoms with E-state index in [-0.39, 0.29) is 30.2 Å². The standard InChI is InChI=1S/C28H31F4N5O3S/c1-27(2,39)25-9-16(14-41-25)26(38)33-12-17-10-22(35-40-17)24-11-18-20(34-21-7-8-36(3)13-19(21)29)5-4-6-23(18)37(24)15-28(30,31)32/h4-6,9-11,14,19,21,34,39H,7-8,12-13,15H2,1-3H3,(H,33,38)/t19-,21+/m0/s1. The second kappa shape index (κ2) is 11.1. The first-order valence-electron chi connectivity index (χ1n) is 13.1. The molecule has 41 heavy (non-hydrogen) atoms. The number of thiophene rings is 1. The number of rotatable bonds is 8. The Balaban J connectivity index is 1.40. The second-order valence-corrected chi connectivity index (χ2v) is 11.8. The summed E-state index contributed by atoms with van der Waals surface area (Å²) in [6.45, 7) is 2.94. The lowest BCUT2D eigenvalue weighted by atomic mass is 10.0. The van der Waals surface area contributed by atoms with Gasteiger partial charge in [-0.15, -0.1) is 11.3 Å². The zero-order chi connectivity index (χ0) is 29.5. The van der Waals surface area contributed by atoms with Crippen molar-refractivity contribution in [2.45, 2.75) is 57.3 Å². The van der Waals surface area contributed by atoms with E-state index in [9.17, 15) is 27.5 Å². The van der Waals surface area contributed by atoms with Crippen molar-refractivity contribution in [3.05, 3.63) is 58.0 Å². The minimum Gasteiger partial charge on any atom is -0.385 e. The molecule has 3 aromatic heterocycles. The lowest BCUT2D eigenvalue weighted by Gasteiger charge is -2.33. The summed E-state index contributed by atoms with van der Waals surface area (Å²) in [5.41, 5.74) is 0.511. The molecule has 8 nitrogen and oxygen atoms in total. The number of fused-ring (bicyclic) bond motifs is 1. The summed E-state index contributed by atoms with van der Waals surface area (Å²) < 4.78 is 62.2. The molecule has 1 aliphatic rings. The van der Waals surface area contributed by atoms with Gasteiger partial charge in [0.2, 0.25) is 0 Å². The summed E-state index contributed by atoms with van der Waals surface area (Å²) in [7, 11) is 1.85. The van der Waals surface area contributed by atoms with E-state index in [1.54, 1.807) is 49.6 Å². The van der Waals surface area contributed by atoms with E-state index in [4.69, 9.17) is 4.52 Å². The summed E-state index contributed by atoms with van der Waals surface area (Å²) in [6.07, 6.45) is -5.07. The number of amides is 1. The summed E-state index contributed by atoms with van der Waals surface area (Å²) in [6, 6.07) is 9.17. The number of hydrogen-bond acceptors (Lipinski definition) is 7. The highest BCUT2D eigenvalue weighted by atomic mass is 32.1. The van der Waals surface area contributed by atoms with Gasteiger partial charge in [-0.3, -0.25) is 4.79 Å². The van der Waals surface area contributed by atoms with Crippen molar-refractivity contribution in [3.63, 3.8) is 0 Å². The van der Waals surface area contributed by atoms with E-state index in [2.05, 4.69) is 15.8 Å². The zero-order valence-corrected chi connectivity index (χ0v) is 23.6. The average Bonchev–Trinajstić information content (AvgIpc) is 3.63. The Morgan fingerprint density at radius 1 is 1.24 bits per heavy atom. The monoisotopic (exact) mass is 593 g/mol. The Labute approximate surface area is 237 Å². The molecule has 2 atom stereocenters. The van der Waals surface area contributed by atoms with E-state index in [0.717, 1.165) is 4.57 Å². The van der Waals surface area contributed by atoms with Crippen LogP contribution in [0.25, 0.3) is 22.3 Å². The van der Waals surface area contributed by atoms with Gasteiger partial charge in [0.25, 0.3) is 5.91 Å². The van der Waals surface area contributed by atoms with Crippen molar-refractivity contribution >= 4 is 33.8 Å². The fourth-order valence-corrected chi connectivity index (χ4v) is 5.87. The number of alkyl halides is 4. The number of carbonyl (C=O) groups excluding carboxylic acids is 1. The van der Waals surface area contributed by atoms with E-state index in [1.807, 2.05) is 11.9 Å². The number of carbonyl (C=O) groups is 1. The molecule has 4 aromatic rings. The Hall–Kier alpha value is -3.42. The Kier molecular flexibility index (Phi) is 7.88. The summed E-state index contributed by atoms with van der Waals surface area (Å²) in [5.74, 6) is -0.142. The molecule has 1 fully saturated rings. The van der Waals surface area contributed by atoms with Crippen LogP contribution < -0.4 is 10.6 Å². The van der Waals surface area contributed by atoms with Gasteiger partial charge in [-0.25, -0.2) is 4.39 Å². The number of nitrogens with one attached hydrogen (secondary N) is 2. The first-order valence-corrected chi connectivity index (χ1v) is 14.0. The van der Waals surface area contributed by atoms with Gasteiger partial charge in [-0.05, 0) is 51.6 Å². The average molecular weight is 594 g/mol. The van der Waals surface area contributed by atoms with E-state index in [1.165, 1.54) is 17.4 Å². The molecule has 0 unspecified atom stereocenters. The summed E-state index contributed by atoms with van der Waals surface area (Å²) in [5, 5.41) is 22.2. The highest BCUT2D eigenvalue weighted by Crippen LogP contribution is 2.36. The van der Waals surface area contributed by atoms with Crippen molar-refractivity contribution < 1.29 is 32.0 Å². The molecule has 0 saturated carbocycles. The number of benzene rings is 1. The fourth-order valence-electron chi connectivity index (χ4n) is 4.95. The largest absolute Gasteiger partial charge is 0.406 e. The van der Waals surface area contributed by atoms with Crippen molar-refractivity contribution in [1.82, 2.24) is 19.9 Å². The molecule has 220 valence electrons. The SMILES string of the molecule is CN1CC[C@@H](Nc2cccc3c2cc(-c2cc(CNC(=O)c4csc(C(C)(C)O)c4)on2)n3CC(F)(F)F)[C@@H](F)C1. The highest BCUT2D eigenvalue weighted by molar-refractivity contribution is 7.10. The number of anilines is 1. The molecule has 1 amide bonds. The zero-order valence-electron chi connectivity index (χ0n) is 22.8. The van der Waals surface area contributed by atoms with Gasteiger partial charge in [-0.1, -0.05) is 11.2 Å². The third-order valence-corrected chi connectivity index (χ3v) is 8.32. The molecule has 0 bridgehead atoms. The smallest absolute Gasteiger partial charge is 0.385 e. The maximum Gasteiger partial charge on any atom is 0.406 e. The Morgan fingerprint density at radius 2 is 2.02 bits per heavy atom.